The highest BCUT2D eigenvalue weighted by molar-refractivity contribution is 9.10. The van der Waals surface area contributed by atoms with E-state index in [1.165, 1.54) is 19.3 Å². The Bertz CT molecular complexity index is 856. The van der Waals surface area contributed by atoms with Gasteiger partial charge in [0.15, 0.2) is 5.70 Å². The van der Waals surface area contributed by atoms with Crippen molar-refractivity contribution in [2.24, 2.45) is 4.99 Å². The third-order valence-corrected chi connectivity index (χ3v) is 4.64. The number of hydrogen-bond acceptors (Lipinski definition) is 4. The van der Waals surface area contributed by atoms with Crippen LogP contribution in [0, 0.1) is 0 Å². The van der Waals surface area contributed by atoms with Gasteiger partial charge in [0.2, 0.25) is 5.90 Å². The van der Waals surface area contributed by atoms with E-state index in [2.05, 4.69) is 27.8 Å². The Morgan fingerprint density at radius 3 is 2.67 bits per heavy atom. The molecule has 0 spiro atoms. The second-order valence-electron chi connectivity index (χ2n) is 6.32. The first-order valence-corrected chi connectivity index (χ1v) is 9.96. The van der Waals surface area contributed by atoms with Crippen LogP contribution < -0.4 is 4.74 Å². The number of hydrogen-bond donors (Lipinski definition) is 0. The molecule has 2 aromatic rings. The fourth-order valence-electron chi connectivity index (χ4n) is 2.69. The summed E-state index contributed by atoms with van der Waals surface area (Å²) >= 11 is 3.41. The first-order chi connectivity index (χ1) is 13.2. The molecule has 1 aliphatic heterocycles. The molecule has 4 nitrogen and oxygen atoms in total. The maximum atomic E-state index is 12.1. The molecule has 0 bridgehead atoms. The highest BCUT2D eigenvalue weighted by atomic mass is 79.9. The van der Waals surface area contributed by atoms with Crippen LogP contribution in [0.3, 0.4) is 0 Å². The van der Waals surface area contributed by atoms with Gasteiger partial charge in [-0.25, -0.2) is 9.79 Å². The number of benzene rings is 2. The number of aliphatic imine (C=N–C) groups is 1. The minimum absolute atomic E-state index is 0.290. The van der Waals surface area contributed by atoms with Crippen molar-refractivity contribution in [3.63, 3.8) is 0 Å². The highest BCUT2D eigenvalue weighted by Gasteiger charge is 2.24. The molecule has 1 aliphatic rings. The Morgan fingerprint density at radius 1 is 1.11 bits per heavy atom. The van der Waals surface area contributed by atoms with E-state index in [0.717, 1.165) is 34.4 Å². The van der Waals surface area contributed by atoms with Gasteiger partial charge in [0.05, 0.1) is 6.61 Å². The standard InChI is InChI=1S/C22H22BrNO3/c1-2-3-4-5-13-26-19-11-9-16(10-12-19)14-20-22(25)27-21(24-20)17-7-6-8-18(23)15-17/h6-12,14-15H,2-5,13H2,1H3/b20-14-. The van der Waals surface area contributed by atoms with Gasteiger partial charge in [0.1, 0.15) is 5.75 Å². The van der Waals surface area contributed by atoms with Crippen molar-refractivity contribution in [3.8, 4) is 5.75 Å². The lowest BCUT2D eigenvalue weighted by Gasteiger charge is -2.06. The molecule has 5 heteroatoms. The van der Waals surface area contributed by atoms with E-state index < -0.39 is 5.97 Å². The average Bonchev–Trinajstić information content (AvgIpc) is 3.03. The predicted octanol–water partition coefficient (Wildman–Crippen LogP) is 5.75. The molecule has 0 radical (unpaired) electrons. The Hall–Kier alpha value is -2.40. The van der Waals surface area contributed by atoms with Crippen molar-refractivity contribution in [1.82, 2.24) is 0 Å². The second kappa shape index (κ2) is 9.51. The number of nitrogens with zero attached hydrogens (tertiary/aromatic N) is 1. The van der Waals surface area contributed by atoms with E-state index in [1.807, 2.05) is 48.5 Å². The lowest BCUT2D eigenvalue weighted by molar-refractivity contribution is -0.129. The summed E-state index contributed by atoms with van der Waals surface area (Å²) in [5.74, 6) is 0.710. The van der Waals surface area contributed by atoms with E-state index in [4.69, 9.17) is 9.47 Å². The van der Waals surface area contributed by atoms with Crippen LogP contribution in [-0.4, -0.2) is 18.5 Å². The Balaban J connectivity index is 1.64. The molecule has 27 heavy (non-hydrogen) atoms. The quantitative estimate of drug-likeness (QED) is 0.306. The highest BCUT2D eigenvalue weighted by Crippen LogP contribution is 2.22. The zero-order chi connectivity index (χ0) is 19.1. The summed E-state index contributed by atoms with van der Waals surface area (Å²) < 4.78 is 11.9. The second-order valence-corrected chi connectivity index (χ2v) is 7.24. The molecular formula is C22H22BrNO3. The molecule has 0 amide bonds. The van der Waals surface area contributed by atoms with E-state index in [-0.39, 0.29) is 0 Å². The van der Waals surface area contributed by atoms with Gasteiger partial charge >= 0.3 is 5.97 Å². The summed E-state index contributed by atoms with van der Waals surface area (Å²) in [6, 6.07) is 15.1. The maximum Gasteiger partial charge on any atom is 0.363 e. The van der Waals surface area contributed by atoms with Crippen LogP contribution in [0.5, 0.6) is 5.75 Å². The average molecular weight is 428 g/mol. The molecule has 0 saturated carbocycles. The van der Waals surface area contributed by atoms with Gasteiger partial charge in [-0.1, -0.05) is 60.3 Å². The van der Waals surface area contributed by atoms with E-state index >= 15 is 0 Å². The van der Waals surface area contributed by atoms with Crippen LogP contribution in [0.2, 0.25) is 0 Å². The monoisotopic (exact) mass is 427 g/mol. The number of carbonyl (C=O) groups is 1. The van der Waals surface area contributed by atoms with Crippen LogP contribution in [-0.2, 0) is 9.53 Å². The smallest absolute Gasteiger partial charge is 0.363 e. The molecule has 0 fully saturated rings. The number of ether oxygens (including phenoxy) is 2. The normalized spacial score (nSPS) is 15.0. The summed E-state index contributed by atoms with van der Waals surface area (Å²) in [6.45, 7) is 2.92. The van der Waals surface area contributed by atoms with Gasteiger partial charge in [-0.3, -0.25) is 0 Å². The number of unbranched alkanes of at least 4 members (excludes halogenated alkanes) is 3. The lowest BCUT2D eigenvalue weighted by Crippen LogP contribution is -2.05. The number of halogens is 1. The van der Waals surface area contributed by atoms with Crippen LogP contribution >= 0.6 is 15.9 Å². The molecule has 0 aliphatic carbocycles. The van der Waals surface area contributed by atoms with Crippen LogP contribution in [0.25, 0.3) is 6.08 Å². The third-order valence-electron chi connectivity index (χ3n) is 4.14. The van der Waals surface area contributed by atoms with Gasteiger partial charge < -0.3 is 9.47 Å². The molecule has 2 aromatic carbocycles. The van der Waals surface area contributed by atoms with Gasteiger partial charge in [-0.05, 0) is 48.4 Å². The topological polar surface area (TPSA) is 47.9 Å². The number of carbonyl (C=O) groups excluding carboxylic acids is 1. The zero-order valence-corrected chi connectivity index (χ0v) is 16.9. The Morgan fingerprint density at radius 2 is 1.93 bits per heavy atom. The van der Waals surface area contributed by atoms with E-state index in [0.29, 0.717) is 11.6 Å². The van der Waals surface area contributed by atoms with Crippen LogP contribution in [0.4, 0.5) is 0 Å². The molecule has 0 saturated heterocycles. The summed E-state index contributed by atoms with van der Waals surface area (Å²) in [7, 11) is 0. The molecule has 1 heterocycles. The predicted molar refractivity (Wildman–Crippen MR) is 111 cm³/mol. The van der Waals surface area contributed by atoms with Gasteiger partial charge in [-0.2, -0.15) is 0 Å². The summed E-state index contributed by atoms with van der Waals surface area (Å²) in [5.41, 5.74) is 1.92. The minimum atomic E-state index is -0.443. The van der Waals surface area contributed by atoms with E-state index in [1.54, 1.807) is 6.08 Å². The zero-order valence-electron chi connectivity index (χ0n) is 15.3. The van der Waals surface area contributed by atoms with Crippen LogP contribution in [0.1, 0.15) is 43.7 Å². The van der Waals surface area contributed by atoms with Crippen molar-refractivity contribution in [2.45, 2.75) is 32.6 Å². The molecule has 0 aromatic heterocycles. The van der Waals surface area contributed by atoms with Gasteiger partial charge in [0.25, 0.3) is 0 Å². The van der Waals surface area contributed by atoms with Crippen molar-refractivity contribution >= 4 is 33.9 Å². The van der Waals surface area contributed by atoms with Gasteiger partial charge in [0, 0.05) is 10.0 Å². The Kier molecular flexibility index (Phi) is 6.82. The van der Waals surface area contributed by atoms with Crippen molar-refractivity contribution in [2.75, 3.05) is 6.61 Å². The number of cyclic esters (lactones) is 1. The van der Waals surface area contributed by atoms with Crippen LogP contribution in [0.15, 0.2) is 63.7 Å². The molecule has 140 valence electrons. The molecule has 0 N–H and O–H groups in total. The Labute approximate surface area is 168 Å². The van der Waals surface area contributed by atoms with E-state index in [9.17, 15) is 4.79 Å². The molecule has 0 atom stereocenters. The minimum Gasteiger partial charge on any atom is -0.494 e. The first kappa shape index (κ1) is 19.4. The van der Waals surface area contributed by atoms with Crippen molar-refractivity contribution < 1.29 is 14.3 Å². The fraction of sp³-hybridized carbons (Fsp3) is 0.273. The summed E-state index contributed by atoms with van der Waals surface area (Å²) in [5, 5.41) is 0. The maximum absolute atomic E-state index is 12.1. The van der Waals surface area contributed by atoms with Gasteiger partial charge in [-0.15, -0.1) is 0 Å². The largest absolute Gasteiger partial charge is 0.494 e. The fourth-order valence-corrected chi connectivity index (χ4v) is 3.09. The third kappa shape index (κ3) is 5.54. The number of rotatable bonds is 8. The molecule has 3 rings (SSSR count). The lowest BCUT2D eigenvalue weighted by atomic mass is 10.2. The first-order valence-electron chi connectivity index (χ1n) is 9.17. The molecular weight excluding hydrogens is 406 g/mol. The SMILES string of the molecule is CCCCCCOc1ccc(/C=C2\N=C(c3cccc(Br)c3)OC2=O)cc1. The van der Waals surface area contributed by atoms with Crippen molar-refractivity contribution in [1.29, 1.82) is 0 Å². The number of esters is 1. The summed E-state index contributed by atoms with van der Waals surface area (Å²) in [6.07, 6.45) is 6.45. The molecule has 0 unspecified atom stereocenters. The van der Waals surface area contributed by atoms with Crippen molar-refractivity contribution in [3.05, 3.63) is 69.8 Å². The summed E-state index contributed by atoms with van der Waals surface area (Å²) in [4.78, 5) is 16.4.